The standard InChI is InChI=1S/C15H19NO2/c1-2-3-4-8-12(15(17)18)13-10-16-14-9-6-5-7-11(13)14/h5-7,9-10,12,16H,2-4,8H2,1H3,(H,17,18). The molecule has 2 N–H and O–H groups in total. The first kappa shape index (κ1) is 12.7. The maximum absolute atomic E-state index is 11.4. The van der Waals surface area contributed by atoms with Gasteiger partial charge >= 0.3 is 5.97 Å². The molecule has 0 saturated carbocycles. The molecule has 2 aromatic rings. The van der Waals surface area contributed by atoms with Gasteiger partial charge in [-0.25, -0.2) is 0 Å². The van der Waals surface area contributed by atoms with Crippen molar-refractivity contribution in [1.82, 2.24) is 4.98 Å². The molecular formula is C15H19NO2. The first-order chi connectivity index (χ1) is 8.74. The molecule has 1 unspecified atom stereocenters. The van der Waals surface area contributed by atoms with Crippen molar-refractivity contribution in [1.29, 1.82) is 0 Å². The highest BCUT2D eigenvalue weighted by molar-refractivity contribution is 5.89. The smallest absolute Gasteiger partial charge is 0.311 e. The lowest BCUT2D eigenvalue weighted by atomic mass is 9.93. The molecule has 96 valence electrons. The molecule has 3 nitrogen and oxygen atoms in total. The van der Waals surface area contributed by atoms with Gasteiger partial charge < -0.3 is 10.1 Å². The van der Waals surface area contributed by atoms with Gasteiger partial charge in [0.05, 0.1) is 5.92 Å². The van der Waals surface area contributed by atoms with Crippen LogP contribution in [0.25, 0.3) is 10.9 Å². The van der Waals surface area contributed by atoms with Crippen molar-refractivity contribution < 1.29 is 9.90 Å². The van der Waals surface area contributed by atoms with Gasteiger partial charge in [0, 0.05) is 17.1 Å². The Balaban J connectivity index is 2.27. The SMILES string of the molecule is CCCCCC(C(=O)O)c1c[nH]c2ccccc12. The highest BCUT2D eigenvalue weighted by Gasteiger charge is 2.22. The number of para-hydroxylation sites is 1. The van der Waals surface area contributed by atoms with Gasteiger partial charge in [0.25, 0.3) is 0 Å². The van der Waals surface area contributed by atoms with Crippen molar-refractivity contribution in [2.75, 3.05) is 0 Å². The number of fused-ring (bicyclic) bond motifs is 1. The number of rotatable bonds is 6. The fourth-order valence-corrected chi connectivity index (χ4v) is 2.39. The molecule has 1 atom stereocenters. The number of H-pyrrole nitrogens is 1. The lowest BCUT2D eigenvalue weighted by molar-refractivity contribution is -0.139. The number of unbranched alkanes of at least 4 members (excludes halogenated alkanes) is 2. The van der Waals surface area contributed by atoms with Gasteiger partial charge in [0.2, 0.25) is 0 Å². The lowest BCUT2D eigenvalue weighted by Gasteiger charge is -2.11. The normalized spacial score (nSPS) is 12.7. The van der Waals surface area contributed by atoms with E-state index in [1.54, 1.807) is 0 Å². The zero-order valence-electron chi connectivity index (χ0n) is 10.6. The van der Waals surface area contributed by atoms with Gasteiger partial charge in [0.1, 0.15) is 0 Å². The zero-order valence-corrected chi connectivity index (χ0v) is 10.6. The minimum Gasteiger partial charge on any atom is -0.481 e. The van der Waals surface area contributed by atoms with Gasteiger partial charge in [-0.1, -0.05) is 44.4 Å². The van der Waals surface area contributed by atoms with Crippen LogP contribution < -0.4 is 0 Å². The summed E-state index contributed by atoms with van der Waals surface area (Å²) in [7, 11) is 0. The molecule has 0 aliphatic carbocycles. The Morgan fingerprint density at radius 3 is 2.83 bits per heavy atom. The van der Waals surface area contributed by atoms with E-state index in [2.05, 4.69) is 11.9 Å². The van der Waals surface area contributed by atoms with Crippen molar-refractivity contribution in [3.05, 3.63) is 36.0 Å². The largest absolute Gasteiger partial charge is 0.481 e. The summed E-state index contributed by atoms with van der Waals surface area (Å²) in [5.41, 5.74) is 1.92. The monoisotopic (exact) mass is 245 g/mol. The first-order valence-electron chi connectivity index (χ1n) is 6.53. The Hall–Kier alpha value is -1.77. The van der Waals surface area contributed by atoms with Crippen LogP contribution in [0.15, 0.2) is 30.5 Å². The molecule has 1 heterocycles. The fourth-order valence-electron chi connectivity index (χ4n) is 2.39. The Morgan fingerprint density at radius 1 is 1.33 bits per heavy atom. The van der Waals surface area contributed by atoms with E-state index < -0.39 is 11.9 Å². The lowest BCUT2D eigenvalue weighted by Crippen LogP contribution is -2.11. The zero-order chi connectivity index (χ0) is 13.0. The number of carboxylic acid groups (broad SMARTS) is 1. The second kappa shape index (κ2) is 5.71. The van der Waals surface area contributed by atoms with Crippen LogP contribution in [0.4, 0.5) is 0 Å². The van der Waals surface area contributed by atoms with E-state index in [-0.39, 0.29) is 0 Å². The number of aromatic amines is 1. The van der Waals surface area contributed by atoms with Gasteiger partial charge in [-0.2, -0.15) is 0 Å². The summed E-state index contributed by atoms with van der Waals surface area (Å²) < 4.78 is 0. The third kappa shape index (κ3) is 2.55. The number of aromatic nitrogens is 1. The van der Waals surface area contributed by atoms with Crippen LogP contribution in [0.3, 0.4) is 0 Å². The summed E-state index contributed by atoms with van der Waals surface area (Å²) in [6.07, 6.45) is 5.72. The molecule has 3 heteroatoms. The average molecular weight is 245 g/mol. The molecule has 0 radical (unpaired) electrons. The van der Waals surface area contributed by atoms with Crippen molar-refractivity contribution >= 4 is 16.9 Å². The van der Waals surface area contributed by atoms with E-state index >= 15 is 0 Å². The first-order valence-corrected chi connectivity index (χ1v) is 6.53. The highest BCUT2D eigenvalue weighted by atomic mass is 16.4. The molecule has 0 spiro atoms. The predicted octanol–water partition coefficient (Wildman–Crippen LogP) is 3.92. The Kier molecular flexibility index (Phi) is 4.03. The topological polar surface area (TPSA) is 53.1 Å². The number of aliphatic carboxylic acids is 1. The quantitative estimate of drug-likeness (QED) is 0.758. The van der Waals surface area contributed by atoms with E-state index in [0.717, 1.165) is 35.7 Å². The second-order valence-corrected chi connectivity index (χ2v) is 4.68. The molecule has 1 aromatic carbocycles. The van der Waals surface area contributed by atoms with Gasteiger partial charge in [-0.05, 0) is 18.1 Å². The number of hydrogen-bond acceptors (Lipinski definition) is 1. The Labute approximate surface area is 107 Å². The molecule has 0 aliphatic heterocycles. The Bertz CT molecular complexity index is 530. The minimum atomic E-state index is -0.726. The van der Waals surface area contributed by atoms with E-state index in [4.69, 9.17) is 0 Å². The van der Waals surface area contributed by atoms with Crippen molar-refractivity contribution in [3.63, 3.8) is 0 Å². The van der Waals surface area contributed by atoms with Crippen LogP contribution in [0, 0.1) is 0 Å². The number of carboxylic acids is 1. The van der Waals surface area contributed by atoms with Crippen LogP contribution in [0.1, 0.15) is 44.1 Å². The van der Waals surface area contributed by atoms with E-state index in [0.29, 0.717) is 6.42 Å². The number of nitrogens with one attached hydrogen (secondary N) is 1. The third-order valence-corrected chi connectivity index (χ3v) is 3.39. The van der Waals surface area contributed by atoms with Crippen LogP contribution in [0.2, 0.25) is 0 Å². The Morgan fingerprint density at radius 2 is 2.11 bits per heavy atom. The maximum Gasteiger partial charge on any atom is 0.311 e. The molecule has 1 aromatic heterocycles. The van der Waals surface area contributed by atoms with Crippen molar-refractivity contribution in [2.45, 2.75) is 38.5 Å². The van der Waals surface area contributed by atoms with Gasteiger partial charge in [0.15, 0.2) is 0 Å². The van der Waals surface area contributed by atoms with Crippen LogP contribution in [-0.4, -0.2) is 16.1 Å². The minimum absolute atomic E-state index is 0.396. The summed E-state index contributed by atoms with van der Waals surface area (Å²) >= 11 is 0. The molecule has 0 saturated heterocycles. The van der Waals surface area contributed by atoms with Crippen molar-refractivity contribution in [3.8, 4) is 0 Å². The molecule has 18 heavy (non-hydrogen) atoms. The summed E-state index contributed by atoms with van der Waals surface area (Å²) in [6, 6.07) is 7.86. The number of hydrogen-bond donors (Lipinski definition) is 2. The molecule has 2 rings (SSSR count). The third-order valence-electron chi connectivity index (χ3n) is 3.39. The number of benzene rings is 1. The second-order valence-electron chi connectivity index (χ2n) is 4.68. The summed E-state index contributed by atoms with van der Waals surface area (Å²) in [4.78, 5) is 14.6. The summed E-state index contributed by atoms with van der Waals surface area (Å²) in [5, 5.41) is 10.4. The molecule has 0 bridgehead atoms. The fraction of sp³-hybridized carbons (Fsp3) is 0.400. The van der Waals surface area contributed by atoms with Crippen LogP contribution in [-0.2, 0) is 4.79 Å². The molecular weight excluding hydrogens is 226 g/mol. The highest BCUT2D eigenvalue weighted by Crippen LogP contribution is 2.29. The van der Waals surface area contributed by atoms with Gasteiger partial charge in [-0.15, -0.1) is 0 Å². The van der Waals surface area contributed by atoms with E-state index in [9.17, 15) is 9.90 Å². The molecule has 0 fully saturated rings. The van der Waals surface area contributed by atoms with Crippen LogP contribution >= 0.6 is 0 Å². The molecule has 0 aliphatic rings. The average Bonchev–Trinajstić information content (AvgIpc) is 2.78. The predicted molar refractivity (Wildman–Crippen MR) is 72.8 cm³/mol. The van der Waals surface area contributed by atoms with Crippen molar-refractivity contribution in [2.24, 2.45) is 0 Å². The van der Waals surface area contributed by atoms with E-state index in [1.165, 1.54) is 0 Å². The number of carbonyl (C=O) groups is 1. The van der Waals surface area contributed by atoms with E-state index in [1.807, 2.05) is 30.5 Å². The maximum atomic E-state index is 11.4. The summed E-state index contributed by atoms with van der Waals surface area (Å²) in [5.74, 6) is -1.12. The summed E-state index contributed by atoms with van der Waals surface area (Å²) in [6.45, 7) is 2.13. The molecule has 0 amide bonds. The van der Waals surface area contributed by atoms with Gasteiger partial charge in [-0.3, -0.25) is 4.79 Å². The van der Waals surface area contributed by atoms with Crippen LogP contribution in [0.5, 0.6) is 0 Å².